The van der Waals surface area contributed by atoms with Crippen molar-refractivity contribution in [3.05, 3.63) is 23.8 Å². The lowest BCUT2D eigenvalue weighted by Crippen LogP contribution is -2.28. The van der Waals surface area contributed by atoms with Crippen molar-refractivity contribution in [2.45, 2.75) is 20.8 Å². The molecule has 1 aromatic carbocycles. The molecule has 0 heterocycles. The Bertz CT molecular complexity index is 531. The van der Waals surface area contributed by atoms with Gasteiger partial charge in [0.2, 0.25) is 5.91 Å². The summed E-state index contributed by atoms with van der Waals surface area (Å²) >= 11 is 0. The van der Waals surface area contributed by atoms with E-state index in [0.717, 1.165) is 0 Å². The van der Waals surface area contributed by atoms with Crippen molar-refractivity contribution in [3.8, 4) is 5.75 Å². The SMILES string of the molecule is CC(C)(C)C(=O)Nc1cccc(OCC(=O)O)c1C=O. The molecule has 1 rings (SSSR count). The number of benzene rings is 1. The van der Waals surface area contributed by atoms with Crippen LogP contribution >= 0.6 is 0 Å². The largest absolute Gasteiger partial charge is 0.481 e. The maximum Gasteiger partial charge on any atom is 0.341 e. The highest BCUT2D eigenvalue weighted by Gasteiger charge is 2.22. The molecule has 0 saturated carbocycles. The van der Waals surface area contributed by atoms with Crippen LogP contribution in [0.25, 0.3) is 0 Å². The Kier molecular flexibility index (Phi) is 4.85. The Morgan fingerprint density at radius 2 is 2.00 bits per heavy atom. The summed E-state index contributed by atoms with van der Waals surface area (Å²) < 4.78 is 5.02. The number of ether oxygens (including phenoxy) is 1. The van der Waals surface area contributed by atoms with Crippen molar-refractivity contribution in [1.82, 2.24) is 0 Å². The molecule has 1 aromatic rings. The van der Waals surface area contributed by atoms with Crippen molar-refractivity contribution in [1.29, 1.82) is 0 Å². The van der Waals surface area contributed by atoms with Gasteiger partial charge >= 0.3 is 5.97 Å². The van der Waals surface area contributed by atoms with Gasteiger partial charge < -0.3 is 15.2 Å². The molecule has 0 bridgehead atoms. The van der Waals surface area contributed by atoms with Crippen LogP contribution in [0.4, 0.5) is 5.69 Å². The quantitative estimate of drug-likeness (QED) is 0.803. The number of anilines is 1. The smallest absolute Gasteiger partial charge is 0.341 e. The van der Waals surface area contributed by atoms with Gasteiger partial charge in [0.05, 0.1) is 11.3 Å². The molecule has 0 aliphatic heterocycles. The van der Waals surface area contributed by atoms with Crippen LogP contribution in [0, 0.1) is 5.41 Å². The minimum absolute atomic E-state index is 0.117. The Morgan fingerprint density at radius 1 is 1.35 bits per heavy atom. The van der Waals surface area contributed by atoms with Crippen molar-refractivity contribution in [2.75, 3.05) is 11.9 Å². The minimum Gasteiger partial charge on any atom is -0.481 e. The van der Waals surface area contributed by atoms with E-state index in [4.69, 9.17) is 9.84 Å². The zero-order chi connectivity index (χ0) is 15.3. The van der Waals surface area contributed by atoms with Gasteiger partial charge in [0.1, 0.15) is 5.75 Å². The standard InChI is InChI=1S/C14H17NO5/c1-14(2,3)13(19)15-10-5-4-6-11(9(10)7-16)20-8-12(17)18/h4-7H,8H2,1-3H3,(H,15,19)(H,17,18). The average Bonchev–Trinajstić information content (AvgIpc) is 2.35. The predicted molar refractivity (Wildman–Crippen MR) is 73.0 cm³/mol. The predicted octanol–water partition coefficient (Wildman–Crippen LogP) is 1.95. The lowest BCUT2D eigenvalue weighted by atomic mass is 9.95. The fraction of sp³-hybridized carbons (Fsp3) is 0.357. The second-order valence-electron chi connectivity index (χ2n) is 5.22. The molecule has 0 saturated heterocycles. The van der Waals surface area contributed by atoms with E-state index in [1.54, 1.807) is 32.9 Å². The summed E-state index contributed by atoms with van der Waals surface area (Å²) in [6.45, 7) is 4.67. The molecule has 108 valence electrons. The number of aliphatic carboxylic acids is 1. The van der Waals surface area contributed by atoms with E-state index in [9.17, 15) is 14.4 Å². The van der Waals surface area contributed by atoms with Crippen LogP contribution in [0.3, 0.4) is 0 Å². The first-order valence-corrected chi connectivity index (χ1v) is 6.00. The third kappa shape index (κ3) is 4.08. The molecule has 0 atom stereocenters. The van der Waals surface area contributed by atoms with E-state index in [1.165, 1.54) is 6.07 Å². The van der Waals surface area contributed by atoms with Crippen LogP contribution < -0.4 is 10.1 Å². The first-order valence-electron chi connectivity index (χ1n) is 6.00. The van der Waals surface area contributed by atoms with Crippen LogP contribution in [0.2, 0.25) is 0 Å². The molecule has 20 heavy (non-hydrogen) atoms. The topological polar surface area (TPSA) is 92.7 Å². The number of carboxylic acid groups (broad SMARTS) is 1. The number of carbonyl (C=O) groups is 3. The number of carbonyl (C=O) groups excluding carboxylic acids is 2. The molecule has 6 heteroatoms. The average molecular weight is 279 g/mol. The number of amides is 1. The summed E-state index contributed by atoms with van der Waals surface area (Å²) in [5.74, 6) is -1.28. The summed E-state index contributed by atoms with van der Waals surface area (Å²) in [5, 5.41) is 11.2. The summed E-state index contributed by atoms with van der Waals surface area (Å²) in [6.07, 6.45) is 0.523. The maximum absolute atomic E-state index is 11.9. The van der Waals surface area contributed by atoms with Crippen molar-refractivity contribution < 1.29 is 24.2 Å². The first-order chi connectivity index (χ1) is 9.25. The van der Waals surface area contributed by atoms with Crippen LogP contribution in [-0.2, 0) is 9.59 Å². The van der Waals surface area contributed by atoms with Crippen molar-refractivity contribution in [2.24, 2.45) is 5.41 Å². The molecule has 2 N–H and O–H groups in total. The zero-order valence-electron chi connectivity index (χ0n) is 11.6. The minimum atomic E-state index is -1.15. The van der Waals surface area contributed by atoms with Crippen molar-refractivity contribution >= 4 is 23.9 Å². The summed E-state index contributed by atoms with van der Waals surface area (Å²) in [5.41, 5.74) is -0.202. The Balaban J connectivity index is 3.03. The second-order valence-corrected chi connectivity index (χ2v) is 5.22. The maximum atomic E-state index is 11.9. The van der Waals surface area contributed by atoms with Crippen molar-refractivity contribution in [3.63, 3.8) is 0 Å². The van der Waals surface area contributed by atoms with E-state index in [1.807, 2.05) is 0 Å². The van der Waals surface area contributed by atoms with E-state index in [-0.39, 0.29) is 17.2 Å². The highest BCUT2D eigenvalue weighted by Crippen LogP contribution is 2.26. The lowest BCUT2D eigenvalue weighted by Gasteiger charge is -2.19. The van der Waals surface area contributed by atoms with E-state index >= 15 is 0 Å². The van der Waals surface area contributed by atoms with E-state index in [2.05, 4.69) is 5.32 Å². The normalized spacial score (nSPS) is 10.8. The molecule has 0 radical (unpaired) electrons. The summed E-state index contributed by atoms with van der Waals surface area (Å²) in [6, 6.07) is 4.60. The fourth-order valence-corrected chi connectivity index (χ4v) is 1.35. The molecule has 0 unspecified atom stereocenters. The third-order valence-corrected chi connectivity index (χ3v) is 2.46. The van der Waals surface area contributed by atoms with Gasteiger partial charge in [-0.05, 0) is 12.1 Å². The van der Waals surface area contributed by atoms with Crippen LogP contribution in [0.1, 0.15) is 31.1 Å². The first kappa shape index (κ1) is 15.7. The molecular formula is C14H17NO5. The van der Waals surface area contributed by atoms with Gasteiger partial charge in [0.15, 0.2) is 12.9 Å². The molecule has 0 aromatic heterocycles. The van der Waals surface area contributed by atoms with Gasteiger partial charge in [0, 0.05) is 5.41 Å². The molecule has 0 spiro atoms. The van der Waals surface area contributed by atoms with Crippen LogP contribution in [0.5, 0.6) is 5.75 Å². The molecule has 0 fully saturated rings. The van der Waals surface area contributed by atoms with Gasteiger partial charge in [-0.2, -0.15) is 0 Å². The lowest BCUT2D eigenvalue weighted by molar-refractivity contribution is -0.139. The molecular weight excluding hydrogens is 262 g/mol. The second kappa shape index (κ2) is 6.18. The number of rotatable bonds is 5. The Labute approximate surface area is 116 Å². The van der Waals surface area contributed by atoms with Gasteiger partial charge in [-0.3, -0.25) is 9.59 Å². The Hall–Kier alpha value is -2.37. The number of hydrogen-bond donors (Lipinski definition) is 2. The molecule has 0 aliphatic carbocycles. The van der Waals surface area contributed by atoms with E-state index in [0.29, 0.717) is 12.0 Å². The van der Waals surface area contributed by atoms with Crippen LogP contribution in [0.15, 0.2) is 18.2 Å². The number of hydrogen-bond acceptors (Lipinski definition) is 4. The summed E-state index contributed by atoms with van der Waals surface area (Å²) in [7, 11) is 0. The third-order valence-electron chi connectivity index (χ3n) is 2.46. The van der Waals surface area contributed by atoms with Gasteiger partial charge in [-0.15, -0.1) is 0 Å². The number of carboxylic acids is 1. The van der Waals surface area contributed by atoms with Gasteiger partial charge in [-0.1, -0.05) is 26.8 Å². The number of aldehydes is 1. The van der Waals surface area contributed by atoms with Gasteiger partial charge in [-0.25, -0.2) is 4.79 Å². The molecule has 0 aliphatic rings. The molecule has 1 amide bonds. The molecule has 6 nitrogen and oxygen atoms in total. The summed E-state index contributed by atoms with van der Waals surface area (Å²) in [4.78, 5) is 33.5. The van der Waals surface area contributed by atoms with Gasteiger partial charge in [0.25, 0.3) is 0 Å². The number of nitrogens with one attached hydrogen (secondary N) is 1. The van der Waals surface area contributed by atoms with E-state index < -0.39 is 18.0 Å². The highest BCUT2D eigenvalue weighted by atomic mass is 16.5. The highest BCUT2D eigenvalue weighted by molar-refractivity contribution is 6.00. The Morgan fingerprint density at radius 3 is 2.50 bits per heavy atom. The monoisotopic (exact) mass is 279 g/mol. The van der Waals surface area contributed by atoms with Crippen LogP contribution in [-0.4, -0.2) is 29.9 Å². The zero-order valence-corrected chi connectivity index (χ0v) is 11.6. The fourth-order valence-electron chi connectivity index (χ4n) is 1.35.